The lowest BCUT2D eigenvalue weighted by Crippen LogP contribution is -2.25. The normalized spacial score (nSPS) is 16.8. The summed E-state index contributed by atoms with van der Waals surface area (Å²) in [4.78, 5) is 0. The lowest BCUT2D eigenvalue weighted by molar-refractivity contribution is 0.682. The number of hydrogen-bond acceptors (Lipinski definition) is 1. The van der Waals surface area contributed by atoms with E-state index in [1.54, 1.807) is 8.61 Å². The highest BCUT2D eigenvalue weighted by Gasteiger charge is 2.26. The minimum atomic E-state index is -1.04. The Morgan fingerprint density at radius 2 is 1.50 bits per heavy atom. The molecular formula is C8H10N2OS. The number of rotatable bonds is 0. The molecule has 64 valence electrons. The molecule has 0 aromatic heterocycles. The number of fused-ring (bicyclic) bond motifs is 1. The van der Waals surface area contributed by atoms with E-state index in [9.17, 15) is 4.21 Å². The van der Waals surface area contributed by atoms with Crippen LogP contribution in [0, 0.1) is 0 Å². The zero-order valence-electron chi connectivity index (χ0n) is 7.02. The number of anilines is 2. The van der Waals surface area contributed by atoms with E-state index in [1.807, 2.05) is 38.4 Å². The smallest absolute Gasteiger partial charge is 0.225 e. The van der Waals surface area contributed by atoms with E-state index >= 15 is 0 Å². The molecule has 1 heterocycles. The van der Waals surface area contributed by atoms with Crippen LogP contribution < -0.4 is 8.61 Å². The largest absolute Gasteiger partial charge is 0.275 e. The van der Waals surface area contributed by atoms with E-state index in [0.717, 1.165) is 11.4 Å². The molecule has 0 atom stereocenters. The fourth-order valence-electron chi connectivity index (χ4n) is 1.35. The van der Waals surface area contributed by atoms with Crippen LogP contribution in [-0.2, 0) is 11.2 Å². The molecule has 1 aromatic carbocycles. The molecule has 2 rings (SSSR count). The van der Waals surface area contributed by atoms with Gasteiger partial charge in [-0.1, -0.05) is 12.1 Å². The van der Waals surface area contributed by atoms with Gasteiger partial charge in [-0.25, -0.2) is 4.21 Å². The van der Waals surface area contributed by atoms with Crippen LogP contribution in [0.2, 0.25) is 0 Å². The molecule has 0 saturated carbocycles. The second kappa shape index (κ2) is 2.48. The van der Waals surface area contributed by atoms with Gasteiger partial charge in [0, 0.05) is 14.1 Å². The standard InChI is InChI=1S/C8H10N2OS/c1-9-7-5-3-4-6-8(7)10(2)12(9)11/h3-6H,1-2H3. The van der Waals surface area contributed by atoms with E-state index in [2.05, 4.69) is 0 Å². The molecule has 0 bridgehead atoms. The van der Waals surface area contributed by atoms with Crippen molar-refractivity contribution in [3.05, 3.63) is 24.3 Å². The molecule has 3 nitrogen and oxygen atoms in total. The molecule has 1 aliphatic rings. The molecule has 0 saturated heterocycles. The first-order valence-corrected chi connectivity index (χ1v) is 4.76. The highest BCUT2D eigenvalue weighted by molar-refractivity contribution is 7.88. The van der Waals surface area contributed by atoms with Crippen molar-refractivity contribution in [2.45, 2.75) is 0 Å². The Bertz CT molecular complexity index is 309. The molecule has 0 fully saturated rings. The quantitative estimate of drug-likeness (QED) is 0.590. The van der Waals surface area contributed by atoms with E-state index in [-0.39, 0.29) is 0 Å². The maximum Gasteiger partial charge on any atom is 0.225 e. The monoisotopic (exact) mass is 182 g/mol. The molecule has 12 heavy (non-hydrogen) atoms. The van der Waals surface area contributed by atoms with Crippen molar-refractivity contribution in [2.75, 3.05) is 22.7 Å². The third-order valence-corrected chi connectivity index (χ3v) is 3.36. The average Bonchev–Trinajstić information content (AvgIpc) is 2.33. The first kappa shape index (κ1) is 7.61. The number of para-hydroxylation sites is 2. The first-order chi connectivity index (χ1) is 5.72. The Morgan fingerprint density at radius 3 is 1.92 bits per heavy atom. The number of hydrogen-bond donors (Lipinski definition) is 0. The fraction of sp³-hybridized carbons (Fsp3) is 0.250. The Morgan fingerprint density at radius 1 is 1.08 bits per heavy atom. The zero-order valence-corrected chi connectivity index (χ0v) is 7.84. The van der Waals surface area contributed by atoms with Crippen molar-refractivity contribution < 1.29 is 4.21 Å². The van der Waals surface area contributed by atoms with Gasteiger partial charge in [0.05, 0.1) is 11.4 Å². The van der Waals surface area contributed by atoms with Crippen molar-refractivity contribution in [1.82, 2.24) is 0 Å². The molecule has 0 unspecified atom stereocenters. The van der Waals surface area contributed by atoms with Gasteiger partial charge >= 0.3 is 0 Å². The van der Waals surface area contributed by atoms with Crippen molar-refractivity contribution in [2.24, 2.45) is 0 Å². The van der Waals surface area contributed by atoms with Gasteiger partial charge in [-0.3, -0.25) is 8.61 Å². The summed E-state index contributed by atoms with van der Waals surface area (Å²) in [6.45, 7) is 0. The van der Waals surface area contributed by atoms with Crippen LogP contribution >= 0.6 is 0 Å². The molecule has 4 heteroatoms. The van der Waals surface area contributed by atoms with Crippen LogP contribution in [0.5, 0.6) is 0 Å². The number of nitrogens with zero attached hydrogens (tertiary/aromatic N) is 2. The minimum absolute atomic E-state index is 1.03. The SMILES string of the molecule is CN1c2ccccc2N(C)S1=O. The molecule has 0 spiro atoms. The summed E-state index contributed by atoms with van der Waals surface area (Å²) < 4.78 is 15.0. The maximum atomic E-state index is 11.5. The zero-order chi connectivity index (χ0) is 8.72. The van der Waals surface area contributed by atoms with Gasteiger partial charge in [0.15, 0.2) is 0 Å². The van der Waals surface area contributed by atoms with Crippen molar-refractivity contribution in [1.29, 1.82) is 0 Å². The second-order valence-corrected chi connectivity index (χ2v) is 4.27. The lowest BCUT2D eigenvalue weighted by Gasteiger charge is -2.10. The Balaban J connectivity index is 2.59. The Labute approximate surface area is 74.3 Å². The summed E-state index contributed by atoms with van der Waals surface area (Å²) in [5.74, 6) is 0. The van der Waals surface area contributed by atoms with Crippen LogP contribution in [0.1, 0.15) is 0 Å². The molecular weight excluding hydrogens is 172 g/mol. The highest BCUT2D eigenvalue weighted by atomic mass is 32.2. The summed E-state index contributed by atoms with van der Waals surface area (Å²) >= 11 is -1.04. The second-order valence-electron chi connectivity index (χ2n) is 2.71. The maximum absolute atomic E-state index is 11.5. The van der Waals surface area contributed by atoms with Gasteiger partial charge in [-0.15, -0.1) is 0 Å². The van der Waals surface area contributed by atoms with Gasteiger partial charge < -0.3 is 0 Å². The summed E-state index contributed by atoms with van der Waals surface area (Å²) in [6, 6.07) is 7.84. The van der Waals surface area contributed by atoms with Crippen LogP contribution in [-0.4, -0.2) is 18.3 Å². The van der Waals surface area contributed by atoms with E-state index in [1.165, 1.54) is 0 Å². The molecule has 0 radical (unpaired) electrons. The third kappa shape index (κ3) is 0.845. The average molecular weight is 182 g/mol. The van der Waals surface area contributed by atoms with E-state index in [0.29, 0.717) is 0 Å². The fourth-order valence-corrected chi connectivity index (χ4v) is 2.36. The highest BCUT2D eigenvalue weighted by Crippen LogP contribution is 2.35. The van der Waals surface area contributed by atoms with Gasteiger partial charge in [0.25, 0.3) is 0 Å². The van der Waals surface area contributed by atoms with E-state index in [4.69, 9.17) is 0 Å². The summed E-state index contributed by atoms with van der Waals surface area (Å²) in [6.07, 6.45) is 0. The summed E-state index contributed by atoms with van der Waals surface area (Å²) in [5, 5.41) is 0. The molecule has 0 aliphatic carbocycles. The third-order valence-electron chi connectivity index (χ3n) is 2.03. The van der Waals surface area contributed by atoms with Crippen molar-refractivity contribution >= 4 is 22.5 Å². The molecule has 0 N–H and O–H groups in total. The lowest BCUT2D eigenvalue weighted by atomic mass is 10.3. The van der Waals surface area contributed by atoms with Crippen LogP contribution in [0.4, 0.5) is 11.4 Å². The van der Waals surface area contributed by atoms with Crippen LogP contribution in [0.25, 0.3) is 0 Å². The predicted octanol–water partition coefficient (Wildman–Crippen LogP) is 1.15. The van der Waals surface area contributed by atoms with Crippen molar-refractivity contribution in [3.8, 4) is 0 Å². The van der Waals surface area contributed by atoms with Gasteiger partial charge in [-0.2, -0.15) is 0 Å². The summed E-state index contributed by atoms with van der Waals surface area (Å²) in [5.41, 5.74) is 2.05. The van der Waals surface area contributed by atoms with Gasteiger partial charge in [0.2, 0.25) is 11.2 Å². The van der Waals surface area contributed by atoms with Gasteiger partial charge in [0.1, 0.15) is 0 Å². The molecule has 1 aromatic rings. The van der Waals surface area contributed by atoms with E-state index < -0.39 is 11.2 Å². The molecule has 1 aliphatic heterocycles. The predicted molar refractivity (Wildman–Crippen MR) is 51.4 cm³/mol. The van der Waals surface area contributed by atoms with Crippen LogP contribution in [0.3, 0.4) is 0 Å². The Kier molecular flexibility index (Phi) is 1.58. The topological polar surface area (TPSA) is 23.6 Å². The molecule has 0 amide bonds. The van der Waals surface area contributed by atoms with Gasteiger partial charge in [-0.05, 0) is 12.1 Å². The van der Waals surface area contributed by atoms with Crippen LogP contribution in [0.15, 0.2) is 24.3 Å². The summed E-state index contributed by atoms with van der Waals surface area (Å²) in [7, 11) is 3.66. The first-order valence-electron chi connectivity index (χ1n) is 3.70. The number of benzene rings is 1. The minimum Gasteiger partial charge on any atom is -0.275 e. The Hall–Kier alpha value is -1.03. The van der Waals surface area contributed by atoms with Crippen molar-refractivity contribution in [3.63, 3.8) is 0 Å².